The average Bonchev–Trinajstić information content (AvgIpc) is 3.50. The molecule has 3 rings (SSSR count). The lowest BCUT2D eigenvalue weighted by molar-refractivity contribution is 0.127. The van der Waals surface area contributed by atoms with Crippen LogP contribution < -0.4 is 10.6 Å². The molecule has 1 heterocycles. The summed E-state index contributed by atoms with van der Waals surface area (Å²) in [6.07, 6.45) is 7.40. The first kappa shape index (κ1) is 18.0. The monoisotopic (exact) mass is 338 g/mol. The van der Waals surface area contributed by atoms with Gasteiger partial charge in [-0.05, 0) is 44.4 Å². The molecule has 2 aliphatic carbocycles. The van der Waals surface area contributed by atoms with Gasteiger partial charge in [-0.15, -0.1) is 0 Å². The van der Waals surface area contributed by atoms with Crippen molar-refractivity contribution in [2.75, 3.05) is 53.0 Å². The summed E-state index contributed by atoms with van der Waals surface area (Å²) < 4.78 is 5.55. The Morgan fingerprint density at radius 1 is 1.29 bits per heavy atom. The molecule has 3 N–H and O–H groups in total. The van der Waals surface area contributed by atoms with E-state index in [1.807, 2.05) is 7.05 Å². The largest absolute Gasteiger partial charge is 0.396 e. The van der Waals surface area contributed by atoms with Gasteiger partial charge in [-0.3, -0.25) is 9.89 Å². The van der Waals surface area contributed by atoms with Gasteiger partial charge in [0.05, 0.1) is 6.61 Å². The van der Waals surface area contributed by atoms with Gasteiger partial charge in [-0.25, -0.2) is 0 Å². The summed E-state index contributed by atoms with van der Waals surface area (Å²) in [4.78, 5) is 7.01. The molecule has 1 aliphatic heterocycles. The molecule has 1 atom stereocenters. The molecule has 0 bridgehead atoms. The fraction of sp³-hybridized carbons (Fsp3) is 0.944. The predicted molar refractivity (Wildman–Crippen MR) is 96.3 cm³/mol. The first-order valence-corrected chi connectivity index (χ1v) is 9.62. The van der Waals surface area contributed by atoms with Crippen molar-refractivity contribution in [2.24, 2.45) is 16.3 Å². The second kappa shape index (κ2) is 8.50. The van der Waals surface area contributed by atoms with Crippen LogP contribution in [0, 0.1) is 11.3 Å². The fourth-order valence-electron chi connectivity index (χ4n) is 3.62. The highest BCUT2D eigenvalue weighted by molar-refractivity contribution is 5.79. The third-order valence-electron chi connectivity index (χ3n) is 5.63. The number of nitrogens with one attached hydrogen (secondary N) is 2. The first-order valence-electron chi connectivity index (χ1n) is 9.62. The van der Waals surface area contributed by atoms with Crippen LogP contribution in [-0.4, -0.2) is 75.1 Å². The maximum Gasteiger partial charge on any atom is 0.191 e. The van der Waals surface area contributed by atoms with E-state index in [0.29, 0.717) is 0 Å². The Balaban J connectivity index is 1.38. The summed E-state index contributed by atoms with van der Waals surface area (Å²) in [5.74, 6) is 1.82. The minimum absolute atomic E-state index is 0.0540. The zero-order valence-corrected chi connectivity index (χ0v) is 15.1. The highest BCUT2D eigenvalue weighted by Gasteiger charge is 2.35. The molecule has 0 aromatic heterocycles. The highest BCUT2D eigenvalue weighted by atomic mass is 16.5. The van der Waals surface area contributed by atoms with E-state index in [-0.39, 0.29) is 12.0 Å². The van der Waals surface area contributed by atoms with Crippen LogP contribution in [-0.2, 0) is 4.74 Å². The van der Waals surface area contributed by atoms with E-state index in [4.69, 9.17) is 4.74 Å². The van der Waals surface area contributed by atoms with Gasteiger partial charge in [0, 0.05) is 57.9 Å². The summed E-state index contributed by atoms with van der Waals surface area (Å²) in [5.41, 5.74) is 0.0540. The van der Waals surface area contributed by atoms with E-state index in [9.17, 15) is 5.11 Å². The van der Waals surface area contributed by atoms with Crippen LogP contribution in [0.25, 0.3) is 0 Å². The quantitative estimate of drug-likeness (QED) is 0.406. The van der Waals surface area contributed by atoms with Crippen molar-refractivity contribution in [3.8, 4) is 0 Å². The van der Waals surface area contributed by atoms with E-state index in [1.54, 1.807) is 0 Å². The standard InChI is InChI=1S/C18H34N4O2/c1-19-17(21-13-18(6-10-23)7-11-24-14-18)20-8-9-22(16-4-5-16)12-15-2-3-15/h15-16,23H,2-14H2,1H3,(H2,19,20,21). The second-order valence-electron chi connectivity index (χ2n) is 7.80. The van der Waals surface area contributed by atoms with Gasteiger partial charge in [0.2, 0.25) is 0 Å². The molecule has 2 saturated carbocycles. The molecule has 0 spiro atoms. The lowest BCUT2D eigenvalue weighted by atomic mass is 9.84. The molecule has 1 unspecified atom stereocenters. The molecule has 24 heavy (non-hydrogen) atoms. The van der Waals surface area contributed by atoms with E-state index in [1.165, 1.54) is 32.2 Å². The number of aliphatic hydroxyl groups is 1. The number of rotatable bonds is 10. The molecule has 0 aromatic carbocycles. The average molecular weight is 338 g/mol. The number of aliphatic hydroxyl groups excluding tert-OH is 1. The number of nitrogens with zero attached hydrogens (tertiary/aromatic N) is 2. The number of aliphatic imine (C=N–C) groups is 1. The van der Waals surface area contributed by atoms with Crippen LogP contribution in [0.4, 0.5) is 0 Å². The molecule has 1 saturated heterocycles. The van der Waals surface area contributed by atoms with E-state index in [0.717, 1.165) is 63.6 Å². The normalized spacial score (nSPS) is 27.7. The Morgan fingerprint density at radius 2 is 2.12 bits per heavy atom. The van der Waals surface area contributed by atoms with E-state index in [2.05, 4.69) is 20.5 Å². The summed E-state index contributed by atoms with van der Waals surface area (Å²) in [5, 5.41) is 16.2. The van der Waals surface area contributed by atoms with Crippen LogP contribution >= 0.6 is 0 Å². The zero-order chi connectivity index (χ0) is 16.8. The van der Waals surface area contributed by atoms with Gasteiger partial charge in [0.25, 0.3) is 0 Å². The molecule has 6 nitrogen and oxygen atoms in total. The van der Waals surface area contributed by atoms with Gasteiger partial charge >= 0.3 is 0 Å². The smallest absolute Gasteiger partial charge is 0.191 e. The highest BCUT2D eigenvalue weighted by Crippen LogP contribution is 2.34. The number of hydrogen-bond donors (Lipinski definition) is 3. The maximum atomic E-state index is 9.32. The van der Waals surface area contributed by atoms with E-state index < -0.39 is 0 Å². The minimum Gasteiger partial charge on any atom is -0.396 e. The number of hydrogen-bond acceptors (Lipinski definition) is 4. The lowest BCUT2D eigenvalue weighted by Crippen LogP contribution is -2.46. The van der Waals surface area contributed by atoms with Crippen molar-refractivity contribution in [3.63, 3.8) is 0 Å². The van der Waals surface area contributed by atoms with Gasteiger partial charge in [-0.2, -0.15) is 0 Å². The molecule has 3 aliphatic rings. The van der Waals surface area contributed by atoms with Crippen LogP contribution in [0.5, 0.6) is 0 Å². The first-order chi connectivity index (χ1) is 11.7. The molecule has 0 radical (unpaired) electrons. The van der Waals surface area contributed by atoms with Crippen LogP contribution in [0.1, 0.15) is 38.5 Å². The summed E-state index contributed by atoms with van der Waals surface area (Å²) >= 11 is 0. The van der Waals surface area contributed by atoms with Crippen molar-refractivity contribution >= 4 is 5.96 Å². The molecular formula is C18H34N4O2. The third-order valence-corrected chi connectivity index (χ3v) is 5.63. The molecule has 0 aromatic rings. The fourth-order valence-corrected chi connectivity index (χ4v) is 3.62. The zero-order valence-electron chi connectivity index (χ0n) is 15.1. The van der Waals surface area contributed by atoms with Crippen LogP contribution in [0.3, 0.4) is 0 Å². The molecule has 0 amide bonds. The maximum absolute atomic E-state index is 9.32. The SMILES string of the molecule is CN=C(NCCN(CC1CC1)C1CC1)NCC1(CCO)CCOC1. The summed E-state index contributed by atoms with van der Waals surface area (Å²) in [6, 6.07) is 0.839. The van der Waals surface area contributed by atoms with Crippen molar-refractivity contribution in [1.82, 2.24) is 15.5 Å². The van der Waals surface area contributed by atoms with E-state index >= 15 is 0 Å². The van der Waals surface area contributed by atoms with Gasteiger partial charge in [-0.1, -0.05) is 0 Å². The Labute approximate surface area is 146 Å². The third kappa shape index (κ3) is 5.33. The Bertz CT molecular complexity index is 415. The number of ether oxygens (including phenoxy) is 1. The van der Waals surface area contributed by atoms with Gasteiger partial charge in [0.15, 0.2) is 5.96 Å². The summed E-state index contributed by atoms with van der Waals surface area (Å²) in [7, 11) is 1.82. The van der Waals surface area contributed by atoms with Gasteiger partial charge in [0.1, 0.15) is 0 Å². The van der Waals surface area contributed by atoms with Gasteiger partial charge < -0.3 is 20.5 Å². The predicted octanol–water partition coefficient (Wildman–Crippen LogP) is 0.815. The molecule has 6 heteroatoms. The second-order valence-corrected chi connectivity index (χ2v) is 7.80. The van der Waals surface area contributed by atoms with Crippen molar-refractivity contribution in [1.29, 1.82) is 0 Å². The van der Waals surface area contributed by atoms with Crippen LogP contribution in [0.2, 0.25) is 0 Å². The van der Waals surface area contributed by atoms with Crippen molar-refractivity contribution in [3.05, 3.63) is 0 Å². The molecule has 138 valence electrons. The van der Waals surface area contributed by atoms with Crippen molar-refractivity contribution < 1.29 is 9.84 Å². The van der Waals surface area contributed by atoms with Crippen LogP contribution in [0.15, 0.2) is 4.99 Å². The number of guanidine groups is 1. The Hall–Kier alpha value is -0.850. The molecular weight excluding hydrogens is 304 g/mol. The molecule has 3 fully saturated rings. The van der Waals surface area contributed by atoms with Crippen molar-refractivity contribution in [2.45, 2.75) is 44.6 Å². The minimum atomic E-state index is 0.0540. The Kier molecular flexibility index (Phi) is 6.36. The lowest BCUT2D eigenvalue weighted by Gasteiger charge is -2.28. The Morgan fingerprint density at radius 3 is 2.71 bits per heavy atom. The topological polar surface area (TPSA) is 69.1 Å². The summed E-state index contributed by atoms with van der Waals surface area (Å²) in [6.45, 7) is 5.88.